The molecule has 1 saturated heterocycles. The number of piperazine rings is 1. The van der Waals surface area contributed by atoms with Crippen LogP contribution in [0.3, 0.4) is 0 Å². The smallest absolute Gasteiger partial charge is 0.128 e. The number of likely N-dealkylation sites (N-methyl/N-ethyl adjacent to an activating group) is 1. The molecule has 0 N–H and O–H groups in total. The summed E-state index contributed by atoms with van der Waals surface area (Å²) in [4.78, 5) is 5.76. The number of rotatable bonds is 4. The Morgan fingerprint density at radius 3 is 2.28 bits per heavy atom. The molecular formula is C20H25N3OS. The predicted molar refractivity (Wildman–Crippen MR) is 101 cm³/mol. The van der Waals surface area contributed by atoms with E-state index < -0.39 is 11.0 Å². The van der Waals surface area contributed by atoms with Gasteiger partial charge in [-0.15, -0.1) is 0 Å². The second kappa shape index (κ2) is 7.38. The van der Waals surface area contributed by atoms with Crippen LogP contribution in [0, 0.1) is 0 Å². The molecule has 2 aromatic carbocycles. The fourth-order valence-corrected chi connectivity index (χ4v) is 4.84. The lowest BCUT2D eigenvalue weighted by atomic mass is 10.1. The van der Waals surface area contributed by atoms with Gasteiger partial charge in [-0.25, -0.2) is 8.51 Å². The van der Waals surface area contributed by atoms with E-state index in [1.165, 1.54) is 16.7 Å². The maximum Gasteiger partial charge on any atom is 0.128 e. The topological polar surface area (TPSA) is 26.8 Å². The van der Waals surface area contributed by atoms with Gasteiger partial charge in [-0.05, 0) is 35.9 Å². The fourth-order valence-electron chi connectivity index (χ4n) is 3.58. The summed E-state index contributed by atoms with van der Waals surface area (Å²) in [6, 6.07) is 16.7. The summed E-state index contributed by atoms with van der Waals surface area (Å²) in [6.07, 6.45) is 0. The van der Waals surface area contributed by atoms with E-state index >= 15 is 0 Å². The first-order valence-electron chi connectivity index (χ1n) is 8.92. The highest BCUT2D eigenvalue weighted by molar-refractivity contribution is 7.82. The Kier molecular flexibility index (Phi) is 4.99. The molecule has 2 aliphatic heterocycles. The third-order valence-electron chi connectivity index (χ3n) is 5.15. The van der Waals surface area contributed by atoms with E-state index in [2.05, 4.69) is 57.6 Å². The third kappa shape index (κ3) is 3.85. The van der Waals surface area contributed by atoms with Gasteiger partial charge in [0.25, 0.3) is 0 Å². The Labute approximate surface area is 152 Å². The van der Waals surface area contributed by atoms with Crippen LogP contribution in [-0.4, -0.2) is 51.5 Å². The standard InChI is InChI=1S/C20H25N3OS/c1-21-9-11-22(12-10-21)14-17-5-4-8-20(13-17)25(24)23-15-18-6-2-3-7-19(18)16-23/h2-8,13H,9-12,14-16H2,1H3. The van der Waals surface area contributed by atoms with Crippen molar-refractivity contribution in [1.82, 2.24) is 14.1 Å². The van der Waals surface area contributed by atoms with E-state index in [1.807, 2.05) is 12.1 Å². The van der Waals surface area contributed by atoms with Crippen molar-refractivity contribution < 1.29 is 4.21 Å². The van der Waals surface area contributed by atoms with Gasteiger partial charge in [0.15, 0.2) is 0 Å². The molecule has 1 atom stereocenters. The van der Waals surface area contributed by atoms with Crippen molar-refractivity contribution in [3.8, 4) is 0 Å². The first-order chi connectivity index (χ1) is 12.2. The summed E-state index contributed by atoms with van der Waals surface area (Å²) in [5, 5.41) is 0. The Hall–Kier alpha value is -1.53. The average Bonchev–Trinajstić information content (AvgIpc) is 3.07. The van der Waals surface area contributed by atoms with Crippen molar-refractivity contribution in [2.24, 2.45) is 0 Å². The van der Waals surface area contributed by atoms with Gasteiger partial charge in [0.05, 0.1) is 4.90 Å². The molecule has 0 bridgehead atoms. The molecule has 1 fully saturated rings. The Morgan fingerprint density at radius 1 is 0.920 bits per heavy atom. The minimum absolute atomic E-state index is 0.769. The van der Waals surface area contributed by atoms with Crippen LogP contribution in [0.2, 0.25) is 0 Å². The molecule has 0 radical (unpaired) electrons. The van der Waals surface area contributed by atoms with E-state index in [4.69, 9.17) is 0 Å². The van der Waals surface area contributed by atoms with Gasteiger partial charge in [-0.1, -0.05) is 36.4 Å². The van der Waals surface area contributed by atoms with Gasteiger partial charge in [-0.3, -0.25) is 4.90 Å². The third-order valence-corrected chi connectivity index (χ3v) is 6.53. The average molecular weight is 356 g/mol. The highest BCUT2D eigenvalue weighted by atomic mass is 32.2. The van der Waals surface area contributed by atoms with Crippen LogP contribution in [0.15, 0.2) is 53.4 Å². The Bertz CT molecular complexity index is 746. The maximum atomic E-state index is 13.0. The lowest BCUT2D eigenvalue weighted by Gasteiger charge is -2.32. The Balaban J connectivity index is 1.44. The number of nitrogens with zero attached hydrogens (tertiary/aromatic N) is 3. The van der Waals surface area contributed by atoms with Crippen molar-refractivity contribution in [1.29, 1.82) is 0 Å². The minimum atomic E-state index is -1.10. The normalized spacial score (nSPS) is 20.5. The van der Waals surface area contributed by atoms with Gasteiger partial charge in [0.1, 0.15) is 11.0 Å². The molecule has 2 aromatic rings. The molecule has 0 spiro atoms. The number of benzene rings is 2. The summed E-state index contributed by atoms with van der Waals surface area (Å²) in [5.41, 5.74) is 3.85. The van der Waals surface area contributed by atoms with Gasteiger partial charge >= 0.3 is 0 Å². The highest BCUT2D eigenvalue weighted by Gasteiger charge is 2.24. The predicted octanol–water partition coefficient (Wildman–Crippen LogP) is 2.47. The van der Waals surface area contributed by atoms with Crippen LogP contribution < -0.4 is 0 Å². The number of hydrogen-bond acceptors (Lipinski definition) is 3. The SMILES string of the molecule is CN1CCN(Cc2cccc(S(=O)N3Cc4ccccc4C3)c2)CC1. The first-order valence-corrected chi connectivity index (χ1v) is 10.0. The molecular weight excluding hydrogens is 330 g/mol. The molecule has 4 rings (SSSR count). The van der Waals surface area contributed by atoms with Crippen LogP contribution in [0.25, 0.3) is 0 Å². The van der Waals surface area contributed by atoms with Gasteiger partial charge in [0.2, 0.25) is 0 Å². The molecule has 132 valence electrons. The summed E-state index contributed by atoms with van der Waals surface area (Å²) >= 11 is 0. The largest absolute Gasteiger partial charge is 0.304 e. The fraction of sp³-hybridized carbons (Fsp3) is 0.400. The maximum absolute atomic E-state index is 13.0. The highest BCUT2D eigenvalue weighted by Crippen LogP contribution is 2.26. The molecule has 0 aromatic heterocycles. The van der Waals surface area contributed by atoms with Crippen molar-refractivity contribution in [3.63, 3.8) is 0 Å². The van der Waals surface area contributed by atoms with Crippen molar-refractivity contribution in [2.45, 2.75) is 24.5 Å². The quantitative estimate of drug-likeness (QED) is 0.843. The zero-order valence-corrected chi connectivity index (χ0v) is 15.5. The van der Waals surface area contributed by atoms with Crippen LogP contribution in [-0.2, 0) is 30.6 Å². The second-order valence-electron chi connectivity index (χ2n) is 7.04. The molecule has 0 amide bonds. The second-order valence-corrected chi connectivity index (χ2v) is 8.53. The monoisotopic (exact) mass is 355 g/mol. The Morgan fingerprint density at radius 2 is 1.60 bits per heavy atom. The number of hydrogen-bond donors (Lipinski definition) is 0. The molecule has 4 nitrogen and oxygen atoms in total. The summed E-state index contributed by atoms with van der Waals surface area (Å²) < 4.78 is 15.1. The molecule has 2 heterocycles. The summed E-state index contributed by atoms with van der Waals surface area (Å²) in [6.45, 7) is 6.93. The summed E-state index contributed by atoms with van der Waals surface area (Å²) in [7, 11) is 1.07. The van der Waals surface area contributed by atoms with E-state index in [1.54, 1.807) is 0 Å². The zero-order valence-electron chi connectivity index (χ0n) is 14.7. The first kappa shape index (κ1) is 16.9. The van der Waals surface area contributed by atoms with E-state index in [-0.39, 0.29) is 0 Å². The van der Waals surface area contributed by atoms with E-state index in [0.29, 0.717) is 0 Å². The summed E-state index contributed by atoms with van der Waals surface area (Å²) in [5.74, 6) is 0. The van der Waals surface area contributed by atoms with Crippen molar-refractivity contribution in [3.05, 3.63) is 65.2 Å². The van der Waals surface area contributed by atoms with Crippen LogP contribution in [0.5, 0.6) is 0 Å². The van der Waals surface area contributed by atoms with Gasteiger partial charge in [0, 0.05) is 45.8 Å². The van der Waals surface area contributed by atoms with Gasteiger partial charge in [-0.2, -0.15) is 0 Å². The van der Waals surface area contributed by atoms with E-state index in [9.17, 15) is 4.21 Å². The molecule has 1 unspecified atom stereocenters. The number of fused-ring (bicyclic) bond motifs is 1. The van der Waals surface area contributed by atoms with E-state index in [0.717, 1.165) is 50.7 Å². The minimum Gasteiger partial charge on any atom is -0.304 e. The molecule has 25 heavy (non-hydrogen) atoms. The molecule has 0 aliphatic carbocycles. The lowest BCUT2D eigenvalue weighted by molar-refractivity contribution is 0.148. The van der Waals surface area contributed by atoms with Crippen LogP contribution in [0.1, 0.15) is 16.7 Å². The lowest BCUT2D eigenvalue weighted by Crippen LogP contribution is -2.43. The molecule has 5 heteroatoms. The zero-order chi connectivity index (χ0) is 17.2. The van der Waals surface area contributed by atoms with Crippen LogP contribution in [0.4, 0.5) is 0 Å². The van der Waals surface area contributed by atoms with Gasteiger partial charge < -0.3 is 4.90 Å². The van der Waals surface area contributed by atoms with Crippen molar-refractivity contribution in [2.75, 3.05) is 33.2 Å². The molecule has 2 aliphatic rings. The van der Waals surface area contributed by atoms with Crippen molar-refractivity contribution >= 4 is 11.0 Å². The van der Waals surface area contributed by atoms with Crippen LogP contribution >= 0.6 is 0 Å². The molecule has 0 saturated carbocycles.